The molecule has 1 aromatic carbocycles. The monoisotopic (exact) mass is 436 g/mol. The first-order valence-electron chi connectivity index (χ1n) is 9.48. The number of hydrogen-bond donors (Lipinski definition) is 1. The molecule has 0 unspecified atom stereocenters. The van der Waals surface area contributed by atoms with Gasteiger partial charge < -0.3 is 14.6 Å². The summed E-state index contributed by atoms with van der Waals surface area (Å²) in [6, 6.07) is 18.4. The van der Waals surface area contributed by atoms with Gasteiger partial charge in [0.1, 0.15) is 0 Å². The molecule has 0 radical (unpaired) electrons. The highest BCUT2D eigenvalue weighted by Crippen LogP contribution is 2.18. The third kappa shape index (κ3) is 5.06. The molecule has 4 aromatic rings. The lowest BCUT2D eigenvalue weighted by atomic mass is 10.1. The molecule has 1 N–H and O–H groups in total. The standard InChI is InChI=1S/C23H20N2O3S2/c26-22(21-6-1-13-28-21)24-18-9-7-17(8-10-18)23(27)25(16-20-5-3-15-30-20)12-11-19-4-2-14-29-19/h1-10,13-15H,11-12,16H2,(H,24,26). The largest absolute Gasteiger partial charge is 0.459 e. The molecule has 0 fully saturated rings. The number of carbonyl (C=O) groups is 2. The Kier molecular flexibility index (Phi) is 6.41. The number of hydrogen-bond acceptors (Lipinski definition) is 5. The van der Waals surface area contributed by atoms with Gasteiger partial charge in [-0.25, -0.2) is 0 Å². The summed E-state index contributed by atoms with van der Waals surface area (Å²) in [7, 11) is 0. The molecule has 0 aliphatic heterocycles. The van der Waals surface area contributed by atoms with Crippen LogP contribution in [0, 0.1) is 0 Å². The fourth-order valence-corrected chi connectivity index (χ4v) is 4.44. The summed E-state index contributed by atoms with van der Waals surface area (Å²) in [6.07, 6.45) is 2.28. The van der Waals surface area contributed by atoms with Crippen LogP contribution in [0.1, 0.15) is 30.7 Å². The van der Waals surface area contributed by atoms with Crippen LogP contribution in [0.3, 0.4) is 0 Å². The van der Waals surface area contributed by atoms with Crippen LogP contribution in [-0.4, -0.2) is 23.3 Å². The summed E-state index contributed by atoms with van der Waals surface area (Å²) in [6.45, 7) is 1.23. The Balaban J connectivity index is 1.45. The molecule has 0 spiro atoms. The van der Waals surface area contributed by atoms with E-state index < -0.39 is 0 Å². The molecule has 152 valence electrons. The van der Waals surface area contributed by atoms with Crippen LogP contribution < -0.4 is 5.32 Å². The van der Waals surface area contributed by atoms with Gasteiger partial charge in [0, 0.05) is 27.5 Å². The predicted octanol–water partition coefficient (Wildman–Crippen LogP) is 5.54. The lowest BCUT2D eigenvalue weighted by Crippen LogP contribution is -2.32. The Morgan fingerprint density at radius 2 is 1.63 bits per heavy atom. The number of benzene rings is 1. The van der Waals surface area contributed by atoms with Gasteiger partial charge in [-0.3, -0.25) is 9.59 Å². The van der Waals surface area contributed by atoms with Crippen molar-refractivity contribution in [3.63, 3.8) is 0 Å². The number of amides is 2. The highest BCUT2D eigenvalue weighted by atomic mass is 32.1. The first-order chi connectivity index (χ1) is 14.7. The van der Waals surface area contributed by atoms with E-state index in [0.29, 0.717) is 24.3 Å². The van der Waals surface area contributed by atoms with Crippen molar-refractivity contribution in [2.75, 3.05) is 11.9 Å². The molecule has 5 nitrogen and oxygen atoms in total. The van der Waals surface area contributed by atoms with Gasteiger partial charge in [-0.1, -0.05) is 12.1 Å². The Labute approximate surface area is 182 Å². The van der Waals surface area contributed by atoms with E-state index in [9.17, 15) is 9.59 Å². The quantitative estimate of drug-likeness (QED) is 0.394. The molecule has 4 rings (SSSR count). The van der Waals surface area contributed by atoms with Crippen molar-refractivity contribution in [1.82, 2.24) is 4.90 Å². The SMILES string of the molecule is O=C(Nc1ccc(C(=O)N(CCc2cccs2)Cc2cccs2)cc1)c1ccco1. The van der Waals surface area contributed by atoms with Crippen molar-refractivity contribution in [2.45, 2.75) is 13.0 Å². The van der Waals surface area contributed by atoms with Crippen LogP contribution in [0.15, 0.2) is 82.1 Å². The normalized spacial score (nSPS) is 10.7. The van der Waals surface area contributed by atoms with Crippen LogP contribution in [0.2, 0.25) is 0 Å². The average molecular weight is 437 g/mol. The third-order valence-electron chi connectivity index (χ3n) is 4.56. The van der Waals surface area contributed by atoms with E-state index in [4.69, 9.17) is 4.42 Å². The van der Waals surface area contributed by atoms with Gasteiger partial charge in [-0.15, -0.1) is 22.7 Å². The molecular weight excluding hydrogens is 416 g/mol. The fraction of sp³-hybridized carbons (Fsp3) is 0.130. The molecule has 3 aromatic heterocycles. The minimum Gasteiger partial charge on any atom is -0.459 e. The number of nitrogens with zero attached hydrogens (tertiary/aromatic N) is 1. The third-order valence-corrected chi connectivity index (χ3v) is 6.35. The van der Waals surface area contributed by atoms with Crippen LogP contribution in [0.25, 0.3) is 0 Å². The minimum atomic E-state index is -0.325. The second-order valence-electron chi connectivity index (χ2n) is 6.64. The Morgan fingerprint density at radius 3 is 2.27 bits per heavy atom. The van der Waals surface area contributed by atoms with Crippen LogP contribution >= 0.6 is 22.7 Å². The van der Waals surface area contributed by atoms with Crippen molar-refractivity contribution in [1.29, 1.82) is 0 Å². The first-order valence-corrected chi connectivity index (χ1v) is 11.2. The average Bonchev–Trinajstić information content (AvgIpc) is 3.55. The number of anilines is 1. The zero-order valence-corrected chi connectivity index (χ0v) is 17.7. The molecule has 2 amide bonds. The van der Waals surface area contributed by atoms with E-state index in [1.54, 1.807) is 59.1 Å². The number of furan rings is 1. The van der Waals surface area contributed by atoms with Gasteiger partial charge in [0.25, 0.3) is 11.8 Å². The second kappa shape index (κ2) is 9.56. The zero-order valence-electron chi connectivity index (χ0n) is 16.1. The second-order valence-corrected chi connectivity index (χ2v) is 8.71. The van der Waals surface area contributed by atoms with Gasteiger partial charge in [-0.05, 0) is 65.7 Å². The lowest BCUT2D eigenvalue weighted by molar-refractivity contribution is 0.0747. The summed E-state index contributed by atoms with van der Waals surface area (Å²) in [5, 5.41) is 6.84. The molecule has 0 aliphatic carbocycles. The molecule has 0 atom stereocenters. The van der Waals surface area contributed by atoms with E-state index in [2.05, 4.69) is 16.8 Å². The summed E-state index contributed by atoms with van der Waals surface area (Å²) in [4.78, 5) is 29.6. The number of thiophene rings is 2. The van der Waals surface area contributed by atoms with Crippen LogP contribution in [0.4, 0.5) is 5.69 Å². The topological polar surface area (TPSA) is 62.6 Å². The van der Waals surface area contributed by atoms with E-state index in [0.717, 1.165) is 11.3 Å². The highest BCUT2D eigenvalue weighted by Gasteiger charge is 2.17. The van der Waals surface area contributed by atoms with Crippen molar-refractivity contribution in [2.24, 2.45) is 0 Å². The maximum Gasteiger partial charge on any atom is 0.291 e. The zero-order chi connectivity index (χ0) is 20.8. The van der Waals surface area contributed by atoms with E-state index >= 15 is 0 Å². The summed E-state index contributed by atoms with van der Waals surface area (Å²) in [5.41, 5.74) is 1.20. The molecule has 30 heavy (non-hydrogen) atoms. The highest BCUT2D eigenvalue weighted by molar-refractivity contribution is 7.10. The van der Waals surface area contributed by atoms with Crippen molar-refractivity contribution < 1.29 is 14.0 Å². The first kappa shape index (κ1) is 20.1. The Hall–Kier alpha value is -3.16. The summed E-state index contributed by atoms with van der Waals surface area (Å²) >= 11 is 3.35. The fourth-order valence-electron chi connectivity index (χ4n) is 3.02. The van der Waals surface area contributed by atoms with Crippen molar-refractivity contribution >= 4 is 40.2 Å². The van der Waals surface area contributed by atoms with E-state index in [1.165, 1.54) is 11.1 Å². The van der Waals surface area contributed by atoms with Gasteiger partial charge in [0.05, 0.1) is 12.8 Å². The molecule has 0 aliphatic rings. The molecular formula is C23H20N2O3S2. The molecule has 3 heterocycles. The lowest BCUT2D eigenvalue weighted by Gasteiger charge is -2.22. The van der Waals surface area contributed by atoms with Crippen molar-refractivity contribution in [3.8, 4) is 0 Å². The minimum absolute atomic E-state index is 0.0242. The van der Waals surface area contributed by atoms with Gasteiger partial charge >= 0.3 is 0 Å². The number of carbonyl (C=O) groups excluding carboxylic acids is 2. The van der Waals surface area contributed by atoms with Gasteiger partial charge in [-0.2, -0.15) is 0 Å². The smallest absolute Gasteiger partial charge is 0.291 e. The summed E-state index contributed by atoms with van der Waals surface area (Å²) in [5.74, 6) is -0.107. The maximum atomic E-state index is 13.2. The van der Waals surface area contributed by atoms with Crippen molar-refractivity contribution in [3.05, 3.63) is 98.8 Å². The predicted molar refractivity (Wildman–Crippen MR) is 120 cm³/mol. The van der Waals surface area contributed by atoms with Gasteiger partial charge in [0.2, 0.25) is 0 Å². The number of nitrogens with one attached hydrogen (secondary N) is 1. The van der Waals surface area contributed by atoms with E-state index in [1.807, 2.05) is 28.5 Å². The number of rotatable bonds is 8. The Bertz CT molecular complexity index is 1070. The Morgan fingerprint density at radius 1 is 0.900 bits per heavy atom. The van der Waals surface area contributed by atoms with Crippen LogP contribution in [0.5, 0.6) is 0 Å². The molecule has 0 bridgehead atoms. The maximum absolute atomic E-state index is 13.2. The van der Waals surface area contributed by atoms with Gasteiger partial charge in [0.15, 0.2) is 5.76 Å². The summed E-state index contributed by atoms with van der Waals surface area (Å²) < 4.78 is 5.10. The van der Waals surface area contributed by atoms with E-state index in [-0.39, 0.29) is 17.6 Å². The molecule has 7 heteroatoms. The molecule has 0 saturated carbocycles. The molecule has 0 saturated heterocycles. The van der Waals surface area contributed by atoms with Crippen LogP contribution in [-0.2, 0) is 13.0 Å².